The van der Waals surface area contributed by atoms with Crippen LogP contribution in [0, 0.1) is 13.8 Å². The first-order valence-electron chi connectivity index (χ1n) is 10.3. The highest BCUT2D eigenvalue weighted by Crippen LogP contribution is 2.20. The van der Waals surface area contributed by atoms with Crippen molar-refractivity contribution in [2.24, 2.45) is 0 Å². The fourth-order valence-corrected chi connectivity index (χ4v) is 3.58. The van der Waals surface area contributed by atoms with Crippen molar-refractivity contribution < 1.29 is 14.3 Å². The molecular weight excluding hydrogens is 444 g/mol. The van der Waals surface area contributed by atoms with E-state index in [9.17, 15) is 9.59 Å². The Hall–Kier alpha value is -2.34. The summed E-state index contributed by atoms with van der Waals surface area (Å²) in [6.45, 7) is 8.62. The summed E-state index contributed by atoms with van der Waals surface area (Å²) in [5.74, 6) is 0.294. The van der Waals surface area contributed by atoms with Crippen LogP contribution in [-0.2, 0) is 16.1 Å². The molecule has 0 saturated heterocycles. The average molecular weight is 475 g/mol. The minimum Gasteiger partial charge on any atom is -0.483 e. The number of unbranched alkanes of at least 4 members (excludes halogenated alkanes) is 1. The smallest absolute Gasteiger partial charge is 0.261 e. The predicted molar refractivity (Wildman–Crippen MR) is 123 cm³/mol. The molecule has 6 heteroatoms. The van der Waals surface area contributed by atoms with Gasteiger partial charge in [0.15, 0.2) is 6.61 Å². The second-order valence-electron chi connectivity index (χ2n) is 7.53. The molecule has 2 amide bonds. The minimum absolute atomic E-state index is 0.121. The zero-order valence-electron chi connectivity index (χ0n) is 18.2. The monoisotopic (exact) mass is 474 g/mol. The van der Waals surface area contributed by atoms with Crippen LogP contribution in [0.1, 0.15) is 43.4 Å². The SMILES string of the molecule is CCCCNC(=O)[C@H](C)N(Cc1cccc(Br)c1)C(=O)COc1ccc(C)cc1C. The molecule has 2 aromatic carbocycles. The predicted octanol–water partition coefficient (Wildman–Crippen LogP) is 4.78. The van der Waals surface area contributed by atoms with Gasteiger partial charge in [0.1, 0.15) is 11.8 Å². The first-order valence-corrected chi connectivity index (χ1v) is 11.1. The summed E-state index contributed by atoms with van der Waals surface area (Å²) in [5.41, 5.74) is 3.06. The summed E-state index contributed by atoms with van der Waals surface area (Å²) in [7, 11) is 0. The highest BCUT2D eigenvalue weighted by molar-refractivity contribution is 9.10. The zero-order valence-corrected chi connectivity index (χ0v) is 19.8. The first kappa shape index (κ1) is 23.9. The topological polar surface area (TPSA) is 58.6 Å². The Morgan fingerprint density at radius 2 is 1.93 bits per heavy atom. The van der Waals surface area contributed by atoms with Crippen LogP contribution in [0.15, 0.2) is 46.9 Å². The van der Waals surface area contributed by atoms with Gasteiger partial charge >= 0.3 is 0 Å². The standard InChI is InChI=1S/C24H31BrN2O3/c1-5-6-12-26-24(29)19(4)27(15-20-8-7-9-21(25)14-20)23(28)16-30-22-11-10-17(2)13-18(22)3/h7-11,13-14,19H,5-6,12,15-16H2,1-4H3,(H,26,29)/t19-/m0/s1. The normalized spacial score (nSPS) is 11.6. The highest BCUT2D eigenvalue weighted by Gasteiger charge is 2.26. The molecule has 0 aliphatic rings. The van der Waals surface area contributed by atoms with Crippen molar-refractivity contribution >= 4 is 27.7 Å². The molecule has 0 fully saturated rings. The summed E-state index contributed by atoms with van der Waals surface area (Å²) in [4.78, 5) is 27.3. The second kappa shape index (κ2) is 11.7. The lowest BCUT2D eigenvalue weighted by molar-refractivity contribution is -0.142. The van der Waals surface area contributed by atoms with E-state index >= 15 is 0 Å². The lowest BCUT2D eigenvalue weighted by Gasteiger charge is -2.29. The van der Waals surface area contributed by atoms with Crippen LogP contribution in [0.25, 0.3) is 0 Å². The third-order valence-corrected chi connectivity index (χ3v) is 5.41. The number of nitrogens with zero attached hydrogens (tertiary/aromatic N) is 1. The molecule has 0 aliphatic heterocycles. The van der Waals surface area contributed by atoms with Gasteiger partial charge in [-0.15, -0.1) is 0 Å². The van der Waals surface area contributed by atoms with Crippen molar-refractivity contribution in [1.29, 1.82) is 0 Å². The average Bonchev–Trinajstić information content (AvgIpc) is 2.71. The van der Waals surface area contributed by atoms with Gasteiger partial charge in [-0.2, -0.15) is 0 Å². The quantitative estimate of drug-likeness (QED) is 0.504. The third kappa shape index (κ3) is 7.17. The Morgan fingerprint density at radius 3 is 2.60 bits per heavy atom. The van der Waals surface area contributed by atoms with E-state index in [4.69, 9.17) is 4.74 Å². The number of nitrogens with one attached hydrogen (secondary N) is 1. The fraction of sp³-hybridized carbons (Fsp3) is 0.417. The molecule has 0 unspecified atom stereocenters. The summed E-state index contributed by atoms with van der Waals surface area (Å²) in [5, 5.41) is 2.92. The fourth-order valence-electron chi connectivity index (χ4n) is 3.13. The number of carbonyl (C=O) groups is 2. The number of carbonyl (C=O) groups excluding carboxylic acids is 2. The van der Waals surface area contributed by atoms with E-state index in [1.807, 2.05) is 56.3 Å². The number of amides is 2. The molecule has 1 atom stereocenters. The van der Waals surface area contributed by atoms with Crippen molar-refractivity contribution in [3.8, 4) is 5.75 Å². The Morgan fingerprint density at radius 1 is 1.17 bits per heavy atom. The maximum absolute atomic E-state index is 13.1. The second-order valence-corrected chi connectivity index (χ2v) is 8.45. The van der Waals surface area contributed by atoms with Gasteiger partial charge in [-0.3, -0.25) is 9.59 Å². The molecule has 2 aromatic rings. The summed E-state index contributed by atoms with van der Waals surface area (Å²) in [6, 6.07) is 13.0. The molecule has 30 heavy (non-hydrogen) atoms. The first-order chi connectivity index (χ1) is 14.3. The number of benzene rings is 2. The van der Waals surface area contributed by atoms with Gasteiger partial charge in [-0.05, 0) is 56.5 Å². The van der Waals surface area contributed by atoms with Crippen molar-refractivity contribution in [3.63, 3.8) is 0 Å². The maximum Gasteiger partial charge on any atom is 0.261 e. The van der Waals surface area contributed by atoms with Gasteiger partial charge in [-0.1, -0.05) is 59.1 Å². The van der Waals surface area contributed by atoms with Crippen LogP contribution >= 0.6 is 15.9 Å². The van der Waals surface area contributed by atoms with Crippen molar-refractivity contribution in [2.45, 2.75) is 53.1 Å². The molecule has 5 nitrogen and oxygen atoms in total. The number of ether oxygens (including phenoxy) is 1. The molecule has 162 valence electrons. The molecule has 0 saturated carbocycles. The Bertz CT molecular complexity index is 869. The van der Waals surface area contributed by atoms with Crippen molar-refractivity contribution in [3.05, 3.63) is 63.6 Å². The third-order valence-electron chi connectivity index (χ3n) is 4.92. The molecule has 2 rings (SSSR count). The lowest BCUT2D eigenvalue weighted by Crippen LogP contribution is -2.49. The molecule has 0 spiro atoms. The van der Waals surface area contributed by atoms with Crippen LogP contribution < -0.4 is 10.1 Å². The van der Waals surface area contributed by atoms with E-state index in [0.717, 1.165) is 34.0 Å². The van der Waals surface area contributed by atoms with E-state index in [1.165, 1.54) is 0 Å². The zero-order chi connectivity index (χ0) is 22.1. The van der Waals surface area contributed by atoms with E-state index in [0.29, 0.717) is 18.8 Å². The van der Waals surface area contributed by atoms with Crippen LogP contribution in [-0.4, -0.2) is 35.9 Å². The van der Waals surface area contributed by atoms with Gasteiger partial charge < -0.3 is 15.0 Å². The number of halogens is 1. The van der Waals surface area contributed by atoms with Gasteiger partial charge in [0.05, 0.1) is 0 Å². The maximum atomic E-state index is 13.1. The molecule has 0 heterocycles. The van der Waals surface area contributed by atoms with Gasteiger partial charge in [0.2, 0.25) is 5.91 Å². The summed E-state index contributed by atoms with van der Waals surface area (Å²) >= 11 is 3.46. The van der Waals surface area contributed by atoms with Gasteiger partial charge in [0.25, 0.3) is 5.91 Å². The molecule has 0 aromatic heterocycles. The Balaban J connectivity index is 2.13. The summed E-state index contributed by atoms with van der Waals surface area (Å²) < 4.78 is 6.72. The minimum atomic E-state index is -0.601. The van der Waals surface area contributed by atoms with Crippen LogP contribution in [0.4, 0.5) is 0 Å². The van der Waals surface area contributed by atoms with Gasteiger partial charge in [0, 0.05) is 17.6 Å². The number of aryl methyl sites for hydroxylation is 2. The van der Waals surface area contributed by atoms with Crippen LogP contribution in [0.5, 0.6) is 5.75 Å². The number of rotatable bonds is 10. The van der Waals surface area contributed by atoms with Crippen molar-refractivity contribution in [2.75, 3.05) is 13.2 Å². The van der Waals surface area contributed by atoms with E-state index < -0.39 is 6.04 Å². The highest BCUT2D eigenvalue weighted by atomic mass is 79.9. The number of hydrogen-bond acceptors (Lipinski definition) is 3. The molecule has 1 N–H and O–H groups in total. The van der Waals surface area contributed by atoms with Gasteiger partial charge in [-0.25, -0.2) is 0 Å². The Labute approximate surface area is 187 Å². The van der Waals surface area contributed by atoms with E-state index in [1.54, 1.807) is 11.8 Å². The largest absolute Gasteiger partial charge is 0.483 e. The Kier molecular flexibility index (Phi) is 9.37. The van der Waals surface area contributed by atoms with Crippen LogP contribution in [0.2, 0.25) is 0 Å². The van der Waals surface area contributed by atoms with Crippen molar-refractivity contribution in [1.82, 2.24) is 10.2 Å². The molecule has 0 radical (unpaired) electrons. The molecule has 0 bridgehead atoms. The van der Waals surface area contributed by atoms with Crippen LogP contribution in [0.3, 0.4) is 0 Å². The molecular formula is C24H31BrN2O3. The van der Waals surface area contributed by atoms with E-state index in [-0.39, 0.29) is 18.4 Å². The molecule has 0 aliphatic carbocycles. The number of hydrogen-bond donors (Lipinski definition) is 1. The summed E-state index contributed by atoms with van der Waals surface area (Å²) in [6.07, 6.45) is 1.91. The lowest BCUT2D eigenvalue weighted by atomic mass is 10.1. The van der Waals surface area contributed by atoms with E-state index in [2.05, 4.69) is 28.2 Å².